The highest BCUT2D eigenvalue weighted by molar-refractivity contribution is 5.93. The number of carbonyl (C=O) groups is 2. The van der Waals surface area contributed by atoms with Gasteiger partial charge >= 0.3 is 0 Å². The molecule has 0 radical (unpaired) electrons. The van der Waals surface area contributed by atoms with Gasteiger partial charge in [0.25, 0.3) is 11.8 Å². The zero-order valence-corrected chi connectivity index (χ0v) is 16.5. The molecule has 2 aromatic heterocycles. The average Bonchev–Trinajstić information content (AvgIpc) is 2.67. The molecule has 7 heteroatoms. The molecular formula is C22H25N5O2. The Balaban J connectivity index is 1.38. The van der Waals surface area contributed by atoms with Gasteiger partial charge in [-0.3, -0.25) is 9.59 Å². The summed E-state index contributed by atoms with van der Waals surface area (Å²) in [5, 5.41) is 14.4. The highest BCUT2D eigenvalue weighted by Crippen LogP contribution is 2.57. The SMILES string of the molecule is Cc1cccc(C(=O)NC23CC4CC(CC(NC(=O)c5cccnn5)(C4)C2)C3)n1. The van der Waals surface area contributed by atoms with Gasteiger partial charge in [0.2, 0.25) is 0 Å². The first-order valence-electron chi connectivity index (χ1n) is 10.3. The van der Waals surface area contributed by atoms with Gasteiger partial charge in [0.1, 0.15) is 5.69 Å². The van der Waals surface area contributed by atoms with Crippen LogP contribution in [0.1, 0.15) is 65.2 Å². The van der Waals surface area contributed by atoms with Crippen molar-refractivity contribution >= 4 is 11.8 Å². The molecule has 4 aliphatic carbocycles. The second-order valence-corrected chi connectivity index (χ2v) is 9.20. The van der Waals surface area contributed by atoms with Gasteiger partial charge < -0.3 is 10.6 Å². The molecule has 2 heterocycles. The van der Waals surface area contributed by atoms with Crippen LogP contribution in [-0.2, 0) is 0 Å². The summed E-state index contributed by atoms with van der Waals surface area (Å²) in [4.78, 5) is 30.1. The number of hydrogen-bond acceptors (Lipinski definition) is 5. The molecule has 0 aromatic carbocycles. The second-order valence-electron chi connectivity index (χ2n) is 9.20. The summed E-state index contributed by atoms with van der Waals surface area (Å²) in [6.45, 7) is 1.89. The summed E-state index contributed by atoms with van der Waals surface area (Å²) in [6, 6.07) is 8.91. The van der Waals surface area contributed by atoms with E-state index in [1.807, 2.05) is 19.1 Å². The third kappa shape index (κ3) is 3.39. The lowest BCUT2D eigenvalue weighted by atomic mass is 9.49. The first-order valence-corrected chi connectivity index (χ1v) is 10.3. The second kappa shape index (κ2) is 6.61. The van der Waals surface area contributed by atoms with Gasteiger partial charge in [0.15, 0.2) is 5.69 Å². The first-order chi connectivity index (χ1) is 13.9. The third-order valence-corrected chi connectivity index (χ3v) is 6.74. The molecule has 0 aliphatic heterocycles. The van der Waals surface area contributed by atoms with E-state index >= 15 is 0 Å². The first kappa shape index (κ1) is 18.2. The van der Waals surface area contributed by atoms with Crippen molar-refractivity contribution in [2.24, 2.45) is 11.8 Å². The molecule has 0 spiro atoms. The lowest BCUT2D eigenvalue weighted by molar-refractivity contribution is -0.0449. The lowest BCUT2D eigenvalue weighted by Gasteiger charge is -2.62. The molecule has 2 N–H and O–H groups in total. The van der Waals surface area contributed by atoms with E-state index < -0.39 is 0 Å². The highest BCUT2D eigenvalue weighted by Gasteiger charge is 2.58. The average molecular weight is 391 g/mol. The number of rotatable bonds is 4. The molecular weight excluding hydrogens is 366 g/mol. The lowest BCUT2D eigenvalue weighted by Crippen LogP contribution is -2.70. The predicted molar refractivity (Wildman–Crippen MR) is 106 cm³/mol. The summed E-state index contributed by atoms with van der Waals surface area (Å²) in [7, 11) is 0. The standard InChI is InChI=1S/C22H25N5O2/c1-14-4-2-5-17(24-14)19(28)25-21-9-15-8-16(10-21)12-22(11-15,13-21)26-20(29)18-6-3-7-23-27-18/h2-7,15-16H,8-13H2,1H3,(H,25,28)(H,26,29). The van der Waals surface area contributed by atoms with E-state index in [1.165, 1.54) is 6.42 Å². The quantitative estimate of drug-likeness (QED) is 0.834. The summed E-state index contributed by atoms with van der Waals surface area (Å²) >= 11 is 0. The number of carbonyl (C=O) groups excluding carboxylic acids is 2. The topological polar surface area (TPSA) is 96.9 Å². The number of amides is 2. The van der Waals surface area contributed by atoms with Crippen molar-refractivity contribution in [3.63, 3.8) is 0 Å². The number of hydrogen-bond donors (Lipinski definition) is 2. The Morgan fingerprint density at radius 2 is 1.55 bits per heavy atom. The Hall–Kier alpha value is -2.83. The van der Waals surface area contributed by atoms with Crippen LogP contribution in [0.4, 0.5) is 0 Å². The number of aromatic nitrogens is 3. The van der Waals surface area contributed by atoms with E-state index in [-0.39, 0.29) is 22.9 Å². The van der Waals surface area contributed by atoms with Crippen LogP contribution in [0.5, 0.6) is 0 Å². The van der Waals surface area contributed by atoms with Crippen molar-refractivity contribution in [2.45, 2.75) is 56.5 Å². The normalized spacial score (nSPS) is 32.0. The number of nitrogens with zero attached hydrogens (tertiary/aromatic N) is 3. The van der Waals surface area contributed by atoms with E-state index in [4.69, 9.17) is 0 Å². The van der Waals surface area contributed by atoms with E-state index in [1.54, 1.807) is 24.4 Å². The molecule has 29 heavy (non-hydrogen) atoms. The molecule has 150 valence electrons. The molecule has 4 aliphatic rings. The van der Waals surface area contributed by atoms with E-state index in [0.717, 1.165) is 37.8 Å². The molecule has 2 atom stereocenters. The fraction of sp³-hybridized carbons (Fsp3) is 0.500. The molecule has 4 bridgehead atoms. The maximum atomic E-state index is 13.0. The molecule has 2 unspecified atom stereocenters. The van der Waals surface area contributed by atoms with Gasteiger partial charge in [0.05, 0.1) is 0 Å². The van der Waals surface area contributed by atoms with Crippen molar-refractivity contribution < 1.29 is 9.59 Å². The summed E-state index contributed by atoms with van der Waals surface area (Å²) in [6.07, 6.45) is 7.39. The maximum Gasteiger partial charge on any atom is 0.272 e. The largest absolute Gasteiger partial charge is 0.345 e. The van der Waals surface area contributed by atoms with Crippen LogP contribution in [0.3, 0.4) is 0 Å². The van der Waals surface area contributed by atoms with Gasteiger partial charge in [-0.2, -0.15) is 5.10 Å². The molecule has 2 aromatic rings. The molecule has 4 saturated carbocycles. The van der Waals surface area contributed by atoms with Crippen LogP contribution < -0.4 is 10.6 Å². The minimum atomic E-state index is -0.286. The Morgan fingerprint density at radius 3 is 2.14 bits per heavy atom. The van der Waals surface area contributed by atoms with Crippen LogP contribution in [0.25, 0.3) is 0 Å². The van der Waals surface area contributed by atoms with Crippen molar-refractivity contribution in [3.05, 3.63) is 53.6 Å². The van der Waals surface area contributed by atoms with Crippen LogP contribution in [0.2, 0.25) is 0 Å². The van der Waals surface area contributed by atoms with Gasteiger partial charge in [0, 0.05) is 23.0 Å². The van der Waals surface area contributed by atoms with Crippen LogP contribution >= 0.6 is 0 Å². The van der Waals surface area contributed by atoms with E-state index in [9.17, 15) is 9.59 Å². The maximum absolute atomic E-state index is 13.0. The molecule has 6 rings (SSSR count). The Bertz CT molecular complexity index is 947. The fourth-order valence-corrected chi connectivity index (χ4v) is 6.26. The zero-order valence-electron chi connectivity index (χ0n) is 16.5. The fourth-order valence-electron chi connectivity index (χ4n) is 6.26. The van der Waals surface area contributed by atoms with Gasteiger partial charge in [-0.05, 0) is 81.5 Å². The van der Waals surface area contributed by atoms with Gasteiger partial charge in [-0.25, -0.2) is 4.98 Å². The summed E-state index contributed by atoms with van der Waals surface area (Å²) < 4.78 is 0. The van der Waals surface area contributed by atoms with E-state index in [0.29, 0.717) is 23.2 Å². The Morgan fingerprint density at radius 1 is 0.931 bits per heavy atom. The Labute approximate surface area is 169 Å². The molecule has 4 fully saturated rings. The number of nitrogens with one attached hydrogen (secondary N) is 2. The van der Waals surface area contributed by atoms with E-state index in [2.05, 4.69) is 25.8 Å². The third-order valence-electron chi connectivity index (χ3n) is 6.74. The highest BCUT2D eigenvalue weighted by atomic mass is 16.2. The number of pyridine rings is 1. The van der Waals surface area contributed by atoms with Crippen LogP contribution in [-0.4, -0.2) is 38.1 Å². The van der Waals surface area contributed by atoms with Gasteiger partial charge in [-0.1, -0.05) is 6.07 Å². The zero-order chi connectivity index (χ0) is 20.1. The summed E-state index contributed by atoms with van der Waals surface area (Å²) in [5.74, 6) is 0.737. The van der Waals surface area contributed by atoms with Crippen LogP contribution in [0, 0.1) is 18.8 Å². The van der Waals surface area contributed by atoms with Crippen molar-refractivity contribution in [1.82, 2.24) is 25.8 Å². The van der Waals surface area contributed by atoms with Gasteiger partial charge in [-0.15, -0.1) is 5.10 Å². The smallest absolute Gasteiger partial charge is 0.272 e. The Kier molecular flexibility index (Phi) is 4.15. The summed E-state index contributed by atoms with van der Waals surface area (Å²) in [5.41, 5.74) is 1.06. The van der Waals surface area contributed by atoms with Crippen molar-refractivity contribution in [1.29, 1.82) is 0 Å². The van der Waals surface area contributed by atoms with Crippen molar-refractivity contribution in [3.8, 4) is 0 Å². The number of aryl methyl sites for hydroxylation is 1. The molecule has 7 nitrogen and oxygen atoms in total. The molecule has 0 saturated heterocycles. The van der Waals surface area contributed by atoms with Crippen LogP contribution in [0.15, 0.2) is 36.5 Å². The van der Waals surface area contributed by atoms with Crippen molar-refractivity contribution in [2.75, 3.05) is 0 Å². The minimum Gasteiger partial charge on any atom is -0.345 e. The monoisotopic (exact) mass is 391 g/mol. The minimum absolute atomic E-state index is 0.119. The molecule has 2 amide bonds. The predicted octanol–water partition coefficient (Wildman–Crippen LogP) is 2.43.